The Kier molecular flexibility index (Phi) is 7.38. The van der Waals surface area contributed by atoms with Gasteiger partial charge in [0.2, 0.25) is 0 Å². The predicted octanol–water partition coefficient (Wildman–Crippen LogP) is 4.79. The van der Waals surface area contributed by atoms with Crippen LogP contribution in [0.2, 0.25) is 0 Å². The average molecular weight is 469 g/mol. The second-order valence-corrected chi connectivity index (χ2v) is 7.79. The van der Waals surface area contributed by atoms with E-state index in [4.69, 9.17) is 15.2 Å². The quantitative estimate of drug-likeness (QED) is 0.309. The van der Waals surface area contributed by atoms with Crippen LogP contribution in [0.25, 0.3) is 0 Å². The first-order valence-electron chi connectivity index (χ1n) is 8.36. The minimum absolute atomic E-state index is 0.116. The molecule has 4 N–H and O–H groups in total. The zero-order valence-electron chi connectivity index (χ0n) is 15.1. The largest absolute Gasteiger partial charge is 0.493 e. The maximum atomic E-state index is 12.2. The van der Waals surface area contributed by atoms with Gasteiger partial charge in [-0.15, -0.1) is 0 Å². The van der Waals surface area contributed by atoms with Gasteiger partial charge in [-0.05, 0) is 42.8 Å². The Morgan fingerprint density at radius 2 is 1.88 bits per heavy atom. The van der Waals surface area contributed by atoms with Crippen molar-refractivity contribution >= 4 is 40.0 Å². The number of carbonyl (C=O) groups is 1. The Balaban J connectivity index is 2.07. The number of methoxy groups -OCH3 is 1. The third kappa shape index (κ3) is 5.69. The summed E-state index contributed by atoms with van der Waals surface area (Å²) in [5.41, 5.74) is 6.97. The van der Waals surface area contributed by atoms with Crippen molar-refractivity contribution in [1.29, 1.82) is 0 Å². The molecule has 2 aromatic carbocycles. The summed E-state index contributed by atoms with van der Waals surface area (Å²) in [4.78, 5) is 12.2. The van der Waals surface area contributed by atoms with E-state index < -0.39 is 0 Å². The van der Waals surface area contributed by atoms with Crippen molar-refractivity contribution in [2.75, 3.05) is 18.2 Å². The number of carbonyl (C=O) groups excluding carboxylic acids is 1. The monoisotopic (exact) mass is 469 g/mol. The maximum Gasteiger partial charge on any atom is 0.319 e. The van der Waals surface area contributed by atoms with Gasteiger partial charge in [0.25, 0.3) is 0 Å². The van der Waals surface area contributed by atoms with E-state index in [1.165, 1.54) is 0 Å². The molecule has 0 spiro atoms. The summed E-state index contributed by atoms with van der Waals surface area (Å²) < 4.78 is 11.5. The summed E-state index contributed by atoms with van der Waals surface area (Å²) >= 11 is 2.31. The molecule has 0 aliphatic heterocycles. The molecule has 0 fully saturated rings. The van der Waals surface area contributed by atoms with Crippen LogP contribution in [0.5, 0.6) is 17.2 Å². The number of nitrogen functional groups attached to an aromatic ring is 1. The molecule has 0 saturated carbocycles. The van der Waals surface area contributed by atoms with Gasteiger partial charge in [0, 0.05) is 27.4 Å². The minimum atomic E-state index is -0.241. The number of hydrogen-bond acceptors (Lipinski definition) is 4. The molecule has 0 aromatic heterocycles. The first kappa shape index (κ1) is 20.2. The number of hydrogen-bond donors (Lipinski definition) is 3. The Bertz CT molecular complexity index is 735. The normalized spacial score (nSPS) is 12.8. The second kappa shape index (κ2) is 9.51. The molecule has 0 aliphatic rings. The van der Waals surface area contributed by atoms with Gasteiger partial charge < -0.3 is 25.8 Å². The van der Waals surface area contributed by atoms with Crippen LogP contribution in [-0.2, 0) is 0 Å². The lowest BCUT2D eigenvalue weighted by Crippen LogP contribution is -2.41. The molecule has 0 saturated heterocycles. The predicted molar refractivity (Wildman–Crippen MR) is 114 cm³/mol. The van der Waals surface area contributed by atoms with Crippen molar-refractivity contribution in [2.45, 2.75) is 30.2 Å². The summed E-state index contributed by atoms with van der Waals surface area (Å²) in [5, 5.41) is 5.80. The fourth-order valence-electron chi connectivity index (χ4n) is 2.37. The molecule has 2 atom stereocenters. The van der Waals surface area contributed by atoms with Crippen LogP contribution >= 0.6 is 22.6 Å². The second-order valence-electron chi connectivity index (χ2n) is 5.83. The smallest absolute Gasteiger partial charge is 0.319 e. The van der Waals surface area contributed by atoms with Crippen LogP contribution in [0.4, 0.5) is 16.2 Å². The standard InChI is InChI=1S/C19H24IN3O3/c1-4-16(12(2)20)23-19(24)22-14-7-10-17(18(11-14)25-3)26-15-8-5-13(21)6-9-15/h5-12,16H,4,21H2,1-3H3,(H2,22,23,24). The van der Waals surface area contributed by atoms with Gasteiger partial charge >= 0.3 is 6.03 Å². The van der Waals surface area contributed by atoms with Crippen molar-refractivity contribution < 1.29 is 14.3 Å². The number of anilines is 2. The first-order chi connectivity index (χ1) is 12.4. The number of alkyl halides is 1. The molecule has 26 heavy (non-hydrogen) atoms. The van der Waals surface area contributed by atoms with E-state index in [0.717, 1.165) is 6.42 Å². The van der Waals surface area contributed by atoms with E-state index in [0.29, 0.717) is 32.5 Å². The Morgan fingerprint density at radius 3 is 2.46 bits per heavy atom. The molecule has 2 aromatic rings. The van der Waals surface area contributed by atoms with E-state index in [1.807, 2.05) is 6.92 Å². The van der Waals surface area contributed by atoms with Gasteiger partial charge in [0.1, 0.15) is 5.75 Å². The molecule has 2 rings (SSSR count). The Morgan fingerprint density at radius 1 is 1.19 bits per heavy atom. The lowest BCUT2D eigenvalue weighted by atomic mass is 10.2. The number of benzene rings is 2. The Labute approximate surface area is 167 Å². The number of ether oxygens (including phenoxy) is 2. The molecular formula is C19H24IN3O3. The highest BCUT2D eigenvalue weighted by molar-refractivity contribution is 14.1. The number of nitrogens with two attached hydrogens (primary N) is 1. The van der Waals surface area contributed by atoms with Crippen molar-refractivity contribution in [3.05, 3.63) is 42.5 Å². The van der Waals surface area contributed by atoms with Gasteiger partial charge in [0.05, 0.1) is 7.11 Å². The summed E-state index contributed by atoms with van der Waals surface area (Å²) in [6.07, 6.45) is 0.870. The van der Waals surface area contributed by atoms with E-state index in [-0.39, 0.29) is 12.1 Å². The summed E-state index contributed by atoms with van der Waals surface area (Å²) in [6, 6.07) is 12.2. The molecule has 0 bridgehead atoms. The molecular weight excluding hydrogens is 445 g/mol. The van der Waals surface area contributed by atoms with Crippen LogP contribution in [0.15, 0.2) is 42.5 Å². The van der Waals surface area contributed by atoms with E-state index in [1.54, 1.807) is 49.6 Å². The van der Waals surface area contributed by atoms with E-state index >= 15 is 0 Å². The number of urea groups is 1. The highest BCUT2D eigenvalue weighted by atomic mass is 127. The van der Waals surface area contributed by atoms with E-state index in [9.17, 15) is 4.79 Å². The number of nitrogens with one attached hydrogen (secondary N) is 2. The highest BCUT2D eigenvalue weighted by Gasteiger charge is 2.16. The zero-order chi connectivity index (χ0) is 19.1. The van der Waals surface area contributed by atoms with Crippen molar-refractivity contribution in [3.63, 3.8) is 0 Å². The highest BCUT2D eigenvalue weighted by Crippen LogP contribution is 2.34. The topological polar surface area (TPSA) is 85.6 Å². The Hall–Kier alpha value is -2.16. The molecule has 0 aliphatic carbocycles. The number of rotatable bonds is 7. The SMILES string of the molecule is CCC(NC(=O)Nc1ccc(Oc2ccc(N)cc2)c(OC)c1)C(C)I. The third-order valence-corrected chi connectivity index (χ3v) is 4.71. The molecule has 2 unspecified atom stereocenters. The van der Waals surface area contributed by atoms with Crippen LogP contribution in [0.1, 0.15) is 20.3 Å². The van der Waals surface area contributed by atoms with E-state index in [2.05, 4.69) is 40.1 Å². The minimum Gasteiger partial charge on any atom is -0.493 e. The van der Waals surface area contributed by atoms with Gasteiger partial charge in [-0.25, -0.2) is 4.79 Å². The number of halogens is 1. The van der Waals surface area contributed by atoms with Crippen LogP contribution in [0.3, 0.4) is 0 Å². The molecule has 7 heteroatoms. The number of amides is 2. The zero-order valence-corrected chi connectivity index (χ0v) is 17.2. The summed E-state index contributed by atoms with van der Waals surface area (Å²) in [6.45, 7) is 4.12. The van der Waals surface area contributed by atoms with Gasteiger partial charge in [-0.2, -0.15) is 0 Å². The summed E-state index contributed by atoms with van der Waals surface area (Å²) in [7, 11) is 1.56. The molecule has 2 amide bonds. The first-order valence-corrected chi connectivity index (χ1v) is 9.60. The third-order valence-electron chi connectivity index (χ3n) is 3.84. The van der Waals surface area contributed by atoms with Crippen molar-refractivity contribution in [3.8, 4) is 17.2 Å². The van der Waals surface area contributed by atoms with Crippen molar-refractivity contribution in [1.82, 2.24) is 5.32 Å². The fourth-order valence-corrected chi connectivity index (χ4v) is 3.06. The molecule has 0 radical (unpaired) electrons. The lowest BCUT2D eigenvalue weighted by molar-refractivity contribution is 0.248. The van der Waals surface area contributed by atoms with Gasteiger partial charge in [-0.3, -0.25) is 0 Å². The van der Waals surface area contributed by atoms with Crippen LogP contribution in [-0.4, -0.2) is 23.1 Å². The van der Waals surface area contributed by atoms with Crippen molar-refractivity contribution in [2.24, 2.45) is 0 Å². The van der Waals surface area contributed by atoms with Gasteiger partial charge in [0.15, 0.2) is 11.5 Å². The molecule has 0 heterocycles. The average Bonchev–Trinajstić information content (AvgIpc) is 2.62. The maximum absolute atomic E-state index is 12.2. The lowest BCUT2D eigenvalue weighted by Gasteiger charge is -2.20. The molecule has 6 nitrogen and oxygen atoms in total. The van der Waals surface area contributed by atoms with Crippen LogP contribution in [0, 0.1) is 0 Å². The van der Waals surface area contributed by atoms with Gasteiger partial charge in [-0.1, -0.05) is 36.4 Å². The summed E-state index contributed by atoms with van der Waals surface area (Å²) in [5.74, 6) is 1.72. The molecule has 140 valence electrons. The van der Waals surface area contributed by atoms with Crippen LogP contribution < -0.4 is 25.8 Å². The fraction of sp³-hybridized carbons (Fsp3) is 0.316.